The standard InChI is InChI=1S/C11H20N2O2/c12-11(3-1-2-4-11)7-10(15)13-8-5-9(14)6-8/h8-9,14H,1-7,12H2,(H,13,15). The van der Waals surface area contributed by atoms with Crippen molar-refractivity contribution in [2.75, 3.05) is 0 Å². The smallest absolute Gasteiger partial charge is 0.222 e. The Kier molecular flexibility index (Phi) is 2.98. The van der Waals surface area contributed by atoms with Gasteiger partial charge in [-0.2, -0.15) is 0 Å². The Balaban J connectivity index is 1.72. The summed E-state index contributed by atoms with van der Waals surface area (Å²) < 4.78 is 0. The predicted molar refractivity (Wildman–Crippen MR) is 57.2 cm³/mol. The van der Waals surface area contributed by atoms with E-state index in [0.29, 0.717) is 19.3 Å². The molecule has 2 rings (SSSR count). The number of carbonyl (C=O) groups is 1. The number of amides is 1. The van der Waals surface area contributed by atoms with Crippen LogP contribution in [-0.2, 0) is 4.79 Å². The molecular weight excluding hydrogens is 192 g/mol. The Morgan fingerprint density at radius 2 is 2.00 bits per heavy atom. The first-order chi connectivity index (χ1) is 7.07. The zero-order chi connectivity index (χ0) is 10.9. The number of nitrogens with one attached hydrogen (secondary N) is 1. The second-order valence-corrected chi connectivity index (χ2v) is 5.14. The third-order valence-electron chi connectivity index (χ3n) is 3.59. The minimum atomic E-state index is -0.257. The number of aliphatic hydroxyl groups excluding tert-OH is 1. The molecule has 0 spiro atoms. The molecule has 15 heavy (non-hydrogen) atoms. The van der Waals surface area contributed by atoms with Crippen molar-refractivity contribution in [3.63, 3.8) is 0 Å². The van der Waals surface area contributed by atoms with E-state index in [-0.39, 0.29) is 23.6 Å². The molecule has 0 aliphatic heterocycles. The summed E-state index contributed by atoms with van der Waals surface area (Å²) in [5.41, 5.74) is 5.85. The topological polar surface area (TPSA) is 75.4 Å². The first kappa shape index (κ1) is 10.9. The van der Waals surface area contributed by atoms with E-state index >= 15 is 0 Å². The molecule has 0 bridgehead atoms. The van der Waals surface area contributed by atoms with Gasteiger partial charge in [-0.05, 0) is 25.7 Å². The first-order valence-corrected chi connectivity index (χ1v) is 5.84. The van der Waals surface area contributed by atoms with Crippen molar-refractivity contribution < 1.29 is 9.90 Å². The van der Waals surface area contributed by atoms with E-state index in [0.717, 1.165) is 25.7 Å². The number of rotatable bonds is 3. The predicted octanol–water partition coefficient (Wildman–Crippen LogP) is 0.287. The summed E-state index contributed by atoms with van der Waals surface area (Å²) in [5.74, 6) is 0.0521. The summed E-state index contributed by atoms with van der Waals surface area (Å²) in [6.45, 7) is 0. The van der Waals surface area contributed by atoms with Crippen LogP contribution in [-0.4, -0.2) is 28.7 Å². The molecule has 0 aromatic heterocycles. The maximum Gasteiger partial charge on any atom is 0.222 e. The van der Waals surface area contributed by atoms with Crippen molar-refractivity contribution in [3.05, 3.63) is 0 Å². The lowest BCUT2D eigenvalue weighted by Crippen LogP contribution is -2.50. The summed E-state index contributed by atoms with van der Waals surface area (Å²) in [7, 11) is 0. The van der Waals surface area contributed by atoms with Gasteiger partial charge in [0.2, 0.25) is 5.91 Å². The van der Waals surface area contributed by atoms with Gasteiger partial charge in [0.25, 0.3) is 0 Å². The van der Waals surface area contributed by atoms with Gasteiger partial charge < -0.3 is 16.2 Å². The molecule has 0 unspecified atom stereocenters. The van der Waals surface area contributed by atoms with Gasteiger partial charge in [0.1, 0.15) is 0 Å². The van der Waals surface area contributed by atoms with Crippen molar-refractivity contribution >= 4 is 5.91 Å². The highest BCUT2D eigenvalue weighted by Gasteiger charge is 2.34. The zero-order valence-corrected chi connectivity index (χ0v) is 9.04. The van der Waals surface area contributed by atoms with Crippen molar-refractivity contribution in [1.29, 1.82) is 0 Å². The van der Waals surface area contributed by atoms with Gasteiger partial charge in [-0.25, -0.2) is 0 Å². The molecule has 0 atom stereocenters. The second-order valence-electron chi connectivity index (χ2n) is 5.14. The van der Waals surface area contributed by atoms with E-state index in [1.54, 1.807) is 0 Å². The highest BCUT2D eigenvalue weighted by Crippen LogP contribution is 2.30. The van der Waals surface area contributed by atoms with E-state index in [1.807, 2.05) is 0 Å². The molecule has 2 aliphatic carbocycles. The Hall–Kier alpha value is -0.610. The van der Waals surface area contributed by atoms with Crippen LogP contribution in [0, 0.1) is 0 Å². The van der Waals surface area contributed by atoms with Crippen LogP contribution in [0.5, 0.6) is 0 Å². The fourth-order valence-corrected chi connectivity index (χ4v) is 2.56. The number of hydrogen-bond acceptors (Lipinski definition) is 3. The molecule has 2 aliphatic rings. The van der Waals surface area contributed by atoms with Crippen LogP contribution in [0.2, 0.25) is 0 Å². The van der Waals surface area contributed by atoms with Gasteiger partial charge in [0.05, 0.1) is 6.10 Å². The van der Waals surface area contributed by atoms with Gasteiger partial charge in [-0.15, -0.1) is 0 Å². The van der Waals surface area contributed by atoms with E-state index in [4.69, 9.17) is 10.8 Å². The largest absolute Gasteiger partial charge is 0.393 e. The second kappa shape index (κ2) is 4.10. The molecular formula is C11H20N2O2. The average Bonchev–Trinajstić information content (AvgIpc) is 2.49. The Bertz CT molecular complexity index is 243. The molecule has 0 aromatic rings. The van der Waals surface area contributed by atoms with Gasteiger partial charge in [0.15, 0.2) is 0 Å². The highest BCUT2D eigenvalue weighted by atomic mass is 16.3. The molecule has 0 radical (unpaired) electrons. The third kappa shape index (κ3) is 2.69. The van der Waals surface area contributed by atoms with Gasteiger partial charge in [-0.3, -0.25) is 4.79 Å². The van der Waals surface area contributed by atoms with Crippen LogP contribution in [0.3, 0.4) is 0 Å². The SMILES string of the molecule is NC1(CC(=O)NC2CC(O)C2)CCCC1. The Morgan fingerprint density at radius 3 is 2.53 bits per heavy atom. The minimum absolute atomic E-state index is 0.0521. The lowest BCUT2D eigenvalue weighted by Gasteiger charge is -2.33. The van der Waals surface area contributed by atoms with Crippen LogP contribution < -0.4 is 11.1 Å². The molecule has 0 saturated heterocycles. The lowest BCUT2D eigenvalue weighted by molar-refractivity contribution is -0.124. The fourth-order valence-electron chi connectivity index (χ4n) is 2.56. The highest BCUT2D eigenvalue weighted by molar-refractivity contribution is 5.77. The molecule has 0 aromatic carbocycles. The van der Waals surface area contributed by atoms with Crippen molar-refractivity contribution in [2.45, 2.75) is 62.6 Å². The van der Waals surface area contributed by atoms with Crippen molar-refractivity contribution in [3.8, 4) is 0 Å². The maximum absolute atomic E-state index is 11.6. The van der Waals surface area contributed by atoms with E-state index in [2.05, 4.69) is 5.32 Å². The van der Waals surface area contributed by atoms with Gasteiger partial charge in [-0.1, -0.05) is 12.8 Å². The Labute approximate surface area is 90.2 Å². The molecule has 4 N–H and O–H groups in total. The third-order valence-corrected chi connectivity index (χ3v) is 3.59. The van der Waals surface area contributed by atoms with Crippen molar-refractivity contribution in [1.82, 2.24) is 5.32 Å². The summed E-state index contributed by atoms with van der Waals surface area (Å²) >= 11 is 0. The van der Waals surface area contributed by atoms with Gasteiger partial charge in [0, 0.05) is 18.0 Å². The lowest BCUT2D eigenvalue weighted by atomic mass is 9.88. The summed E-state index contributed by atoms with van der Waals surface area (Å²) in [6.07, 6.45) is 5.85. The van der Waals surface area contributed by atoms with Crippen LogP contribution >= 0.6 is 0 Å². The molecule has 2 fully saturated rings. The van der Waals surface area contributed by atoms with Crippen molar-refractivity contribution in [2.24, 2.45) is 5.73 Å². The molecule has 4 nitrogen and oxygen atoms in total. The molecule has 0 heterocycles. The minimum Gasteiger partial charge on any atom is -0.393 e. The van der Waals surface area contributed by atoms with E-state index in [1.165, 1.54) is 0 Å². The summed E-state index contributed by atoms with van der Waals surface area (Å²) in [4.78, 5) is 11.6. The van der Waals surface area contributed by atoms with Gasteiger partial charge >= 0.3 is 0 Å². The number of aliphatic hydroxyl groups is 1. The molecule has 86 valence electrons. The summed E-state index contributed by atoms with van der Waals surface area (Å²) in [6, 6.07) is 0.178. The van der Waals surface area contributed by atoms with Crippen LogP contribution in [0.15, 0.2) is 0 Å². The quantitative estimate of drug-likeness (QED) is 0.629. The van der Waals surface area contributed by atoms with Crippen LogP contribution in [0.1, 0.15) is 44.9 Å². The summed E-state index contributed by atoms with van der Waals surface area (Å²) in [5, 5.41) is 12.0. The monoisotopic (exact) mass is 212 g/mol. The Morgan fingerprint density at radius 1 is 1.40 bits per heavy atom. The number of nitrogens with two attached hydrogens (primary N) is 1. The first-order valence-electron chi connectivity index (χ1n) is 5.84. The normalized spacial score (nSPS) is 33.5. The van der Waals surface area contributed by atoms with E-state index in [9.17, 15) is 4.79 Å². The number of carbonyl (C=O) groups excluding carboxylic acids is 1. The number of hydrogen-bond donors (Lipinski definition) is 3. The van der Waals surface area contributed by atoms with E-state index < -0.39 is 0 Å². The average molecular weight is 212 g/mol. The zero-order valence-electron chi connectivity index (χ0n) is 9.04. The van der Waals surface area contributed by atoms with Crippen LogP contribution in [0.25, 0.3) is 0 Å². The molecule has 1 amide bonds. The molecule has 4 heteroatoms. The maximum atomic E-state index is 11.6. The fraction of sp³-hybridized carbons (Fsp3) is 0.909. The van der Waals surface area contributed by atoms with Crippen LogP contribution in [0.4, 0.5) is 0 Å². The molecule has 2 saturated carbocycles.